The number of amides is 2. The maximum atomic E-state index is 13.4. The third-order valence-corrected chi connectivity index (χ3v) is 7.49. The number of benzene rings is 3. The summed E-state index contributed by atoms with van der Waals surface area (Å²) in [5.41, 5.74) is 4.74. The molecular weight excluding hydrogens is 532 g/mol. The van der Waals surface area contributed by atoms with Gasteiger partial charge in [-0.3, -0.25) is 9.59 Å². The minimum atomic E-state index is -0.108. The molecular formula is C30H33BrN2O4. The van der Waals surface area contributed by atoms with Crippen LogP contribution in [0.3, 0.4) is 0 Å². The molecule has 1 heterocycles. The minimum absolute atomic E-state index is 0.0695. The van der Waals surface area contributed by atoms with E-state index in [1.54, 1.807) is 14.2 Å². The largest absolute Gasteiger partial charge is 0.497 e. The van der Waals surface area contributed by atoms with Crippen molar-refractivity contribution in [3.63, 3.8) is 0 Å². The maximum Gasteiger partial charge on any atom is 0.252 e. The first-order chi connectivity index (χ1) is 17.9. The first-order valence-corrected chi connectivity index (χ1v) is 13.4. The molecule has 6 nitrogen and oxygen atoms in total. The Morgan fingerprint density at radius 2 is 1.84 bits per heavy atom. The topological polar surface area (TPSA) is 67.9 Å². The summed E-state index contributed by atoms with van der Waals surface area (Å²) < 4.78 is 11.8. The van der Waals surface area contributed by atoms with Crippen LogP contribution in [0.2, 0.25) is 0 Å². The molecule has 0 fully saturated rings. The van der Waals surface area contributed by atoms with Gasteiger partial charge >= 0.3 is 0 Å². The van der Waals surface area contributed by atoms with Gasteiger partial charge in [-0.2, -0.15) is 0 Å². The van der Waals surface area contributed by atoms with E-state index in [1.807, 2.05) is 59.5 Å². The van der Waals surface area contributed by atoms with E-state index in [9.17, 15) is 9.59 Å². The van der Waals surface area contributed by atoms with E-state index in [1.165, 1.54) is 0 Å². The summed E-state index contributed by atoms with van der Waals surface area (Å²) in [5, 5.41) is 3.20. The highest BCUT2D eigenvalue weighted by atomic mass is 79.9. The molecule has 0 bridgehead atoms. The molecule has 1 N–H and O–H groups in total. The minimum Gasteiger partial charge on any atom is -0.497 e. The second kappa shape index (κ2) is 12.3. The van der Waals surface area contributed by atoms with E-state index in [2.05, 4.69) is 34.2 Å². The fourth-order valence-electron chi connectivity index (χ4n) is 4.82. The van der Waals surface area contributed by atoms with Gasteiger partial charge in [-0.05, 0) is 65.8 Å². The van der Waals surface area contributed by atoms with Crippen LogP contribution in [0.5, 0.6) is 11.5 Å². The average Bonchev–Trinajstić information content (AvgIpc) is 2.94. The predicted molar refractivity (Wildman–Crippen MR) is 148 cm³/mol. The number of halogens is 1. The molecule has 0 radical (unpaired) electrons. The van der Waals surface area contributed by atoms with E-state index in [-0.39, 0.29) is 17.9 Å². The number of hydrogen-bond donors (Lipinski definition) is 1. The molecule has 0 aliphatic carbocycles. The normalized spacial score (nSPS) is 13.5. The highest BCUT2D eigenvalue weighted by Crippen LogP contribution is 2.28. The molecule has 3 aromatic rings. The van der Waals surface area contributed by atoms with Gasteiger partial charge in [0.15, 0.2) is 0 Å². The van der Waals surface area contributed by atoms with E-state index in [0.717, 1.165) is 45.3 Å². The lowest BCUT2D eigenvalue weighted by molar-refractivity contribution is -0.132. The number of hydrogen-bond acceptors (Lipinski definition) is 4. The van der Waals surface area contributed by atoms with Gasteiger partial charge in [-0.15, -0.1) is 0 Å². The van der Waals surface area contributed by atoms with Crippen LogP contribution in [0.1, 0.15) is 58.4 Å². The smallest absolute Gasteiger partial charge is 0.252 e. The van der Waals surface area contributed by atoms with Crippen LogP contribution in [-0.4, -0.2) is 37.5 Å². The van der Waals surface area contributed by atoms with Crippen LogP contribution in [-0.2, 0) is 24.2 Å². The summed E-state index contributed by atoms with van der Waals surface area (Å²) in [4.78, 5) is 28.4. The monoisotopic (exact) mass is 564 g/mol. The van der Waals surface area contributed by atoms with E-state index < -0.39 is 0 Å². The number of carbonyl (C=O) groups excluding carboxylic acids is 2. The van der Waals surface area contributed by atoms with Crippen LogP contribution < -0.4 is 14.8 Å². The highest BCUT2D eigenvalue weighted by Gasteiger charge is 2.26. The molecule has 0 saturated heterocycles. The van der Waals surface area contributed by atoms with E-state index >= 15 is 0 Å². The summed E-state index contributed by atoms with van der Waals surface area (Å²) in [6.45, 7) is 3.14. The zero-order valence-electron chi connectivity index (χ0n) is 21.6. The van der Waals surface area contributed by atoms with Crippen molar-refractivity contribution < 1.29 is 19.1 Å². The molecule has 7 heteroatoms. The number of rotatable bonds is 9. The lowest BCUT2D eigenvalue weighted by Gasteiger charge is -2.30. The zero-order valence-corrected chi connectivity index (χ0v) is 23.1. The Bertz CT molecular complexity index is 1260. The average molecular weight is 566 g/mol. The number of ether oxygens (including phenoxy) is 2. The molecule has 3 aromatic carbocycles. The lowest BCUT2D eigenvalue weighted by Crippen LogP contribution is -2.38. The Kier molecular flexibility index (Phi) is 8.87. The molecule has 1 aliphatic rings. The number of nitrogens with zero attached hydrogens (tertiary/aromatic N) is 1. The molecule has 4 rings (SSSR count). The zero-order chi connectivity index (χ0) is 26.4. The third-order valence-electron chi connectivity index (χ3n) is 6.96. The van der Waals surface area contributed by atoms with Crippen LogP contribution >= 0.6 is 15.9 Å². The van der Waals surface area contributed by atoms with Crippen molar-refractivity contribution in [2.45, 2.75) is 45.2 Å². The van der Waals surface area contributed by atoms with Crippen molar-refractivity contribution in [1.82, 2.24) is 10.2 Å². The van der Waals surface area contributed by atoms with Gasteiger partial charge in [0.1, 0.15) is 11.5 Å². The number of carbonyl (C=O) groups is 2. The fourth-order valence-corrected chi connectivity index (χ4v) is 5.08. The third kappa shape index (κ3) is 6.34. The summed E-state index contributed by atoms with van der Waals surface area (Å²) in [7, 11) is 3.23. The summed E-state index contributed by atoms with van der Waals surface area (Å²) >= 11 is 3.47. The van der Waals surface area contributed by atoms with Crippen molar-refractivity contribution >= 4 is 27.7 Å². The molecule has 0 aromatic heterocycles. The SMILES string of the molecule is CCC(NC(=O)c1cccc2c1CN(C(=O)CCc1ccc(OC)cc1OC)CC2)c1ccc(Br)cc1. The summed E-state index contributed by atoms with van der Waals surface area (Å²) in [6.07, 6.45) is 2.45. The van der Waals surface area contributed by atoms with E-state index in [0.29, 0.717) is 37.2 Å². The fraction of sp³-hybridized carbons (Fsp3) is 0.333. The Labute approximate surface area is 227 Å². The standard InChI is InChI=1S/C30H33BrN2O4/c1-4-27(21-8-12-23(31)13-9-21)32-30(35)25-7-5-6-20-16-17-33(19-26(20)25)29(34)15-11-22-10-14-24(36-2)18-28(22)37-3/h5-10,12-14,18,27H,4,11,15-17,19H2,1-3H3,(H,32,35). The van der Waals surface area contributed by atoms with Crippen LogP contribution in [0.25, 0.3) is 0 Å². The number of fused-ring (bicyclic) bond motifs is 1. The Hall–Kier alpha value is -3.32. The number of nitrogens with one attached hydrogen (secondary N) is 1. The van der Waals surface area contributed by atoms with Gasteiger partial charge in [0.2, 0.25) is 5.91 Å². The molecule has 1 atom stereocenters. The Morgan fingerprint density at radius 3 is 2.54 bits per heavy atom. The maximum absolute atomic E-state index is 13.4. The molecule has 194 valence electrons. The molecule has 2 amide bonds. The van der Waals surface area contributed by atoms with Gasteiger partial charge in [-0.1, -0.05) is 53.2 Å². The molecule has 0 saturated carbocycles. The predicted octanol–water partition coefficient (Wildman–Crippen LogP) is 5.86. The molecule has 0 spiro atoms. The quantitative estimate of drug-likeness (QED) is 0.353. The van der Waals surface area contributed by atoms with E-state index in [4.69, 9.17) is 9.47 Å². The van der Waals surface area contributed by atoms with Crippen molar-refractivity contribution in [3.05, 3.63) is 93.0 Å². The van der Waals surface area contributed by atoms with Gasteiger partial charge in [0.05, 0.1) is 20.3 Å². The van der Waals surface area contributed by atoms with Crippen LogP contribution in [0.15, 0.2) is 65.1 Å². The lowest BCUT2D eigenvalue weighted by atomic mass is 9.93. The van der Waals surface area contributed by atoms with Gasteiger partial charge in [0.25, 0.3) is 5.91 Å². The first kappa shape index (κ1) is 26.7. The summed E-state index contributed by atoms with van der Waals surface area (Å²) in [6, 6.07) is 19.4. The van der Waals surface area contributed by atoms with Gasteiger partial charge in [-0.25, -0.2) is 0 Å². The van der Waals surface area contributed by atoms with Gasteiger partial charge < -0.3 is 19.7 Å². The van der Waals surface area contributed by atoms with Gasteiger partial charge in [0, 0.05) is 35.6 Å². The Morgan fingerprint density at radius 1 is 1.05 bits per heavy atom. The first-order valence-electron chi connectivity index (χ1n) is 12.6. The van der Waals surface area contributed by atoms with Crippen molar-refractivity contribution in [1.29, 1.82) is 0 Å². The molecule has 37 heavy (non-hydrogen) atoms. The molecule has 1 unspecified atom stereocenters. The van der Waals surface area contributed by atoms with Crippen LogP contribution in [0, 0.1) is 0 Å². The second-order valence-corrected chi connectivity index (χ2v) is 10.1. The molecule has 1 aliphatic heterocycles. The Balaban J connectivity index is 1.45. The van der Waals surface area contributed by atoms with Crippen molar-refractivity contribution in [3.8, 4) is 11.5 Å². The van der Waals surface area contributed by atoms with Crippen molar-refractivity contribution in [2.75, 3.05) is 20.8 Å². The van der Waals surface area contributed by atoms with Crippen LogP contribution in [0.4, 0.5) is 0 Å². The number of methoxy groups -OCH3 is 2. The highest BCUT2D eigenvalue weighted by molar-refractivity contribution is 9.10. The summed E-state index contributed by atoms with van der Waals surface area (Å²) in [5.74, 6) is 1.39. The van der Waals surface area contributed by atoms with Crippen molar-refractivity contribution in [2.24, 2.45) is 0 Å². The number of aryl methyl sites for hydroxylation is 1. The second-order valence-electron chi connectivity index (χ2n) is 9.17.